The molecule has 0 aromatic carbocycles. The number of hydrogen-bond donors (Lipinski definition) is 3. The molecule has 0 atom stereocenters. The molecule has 0 aliphatic carbocycles. The molecule has 1 aromatic rings. The molecule has 1 heterocycles. The molecule has 0 aliphatic rings. The first-order valence-corrected chi connectivity index (χ1v) is 9.52. The molecule has 0 spiro atoms. The maximum Gasteiger partial charge on any atom is 0.407 e. The summed E-state index contributed by atoms with van der Waals surface area (Å²) in [5.41, 5.74) is -0.487. The van der Waals surface area contributed by atoms with Gasteiger partial charge in [0.15, 0.2) is 11.8 Å². The van der Waals surface area contributed by atoms with Gasteiger partial charge in [-0.15, -0.1) is 0 Å². The molecule has 1 rings (SSSR count). The van der Waals surface area contributed by atoms with Gasteiger partial charge in [0.2, 0.25) is 5.89 Å². The second-order valence-electron chi connectivity index (χ2n) is 7.42. The molecule has 9 nitrogen and oxygen atoms in total. The number of aliphatic imine (C=N–C) groups is 1. The molecule has 3 N–H and O–H groups in total. The summed E-state index contributed by atoms with van der Waals surface area (Å²) in [5.74, 6) is 2.31. The Bertz CT molecular complexity index is 592. The van der Waals surface area contributed by atoms with E-state index in [2.05, 4.69) is 31.1 Å². The summed E-state index contributed by atoms with van der Waals surface area (Å²) >= 11 is 0. The number of alkyl carbamates (subject to hydrolysis) is 1. The smallest absolute Gasteiger partial charge is 0.407 e. The molecule has 154 valence electrons. The first kappa shape index (κ1) is 22.7. The lowest BCUT2D eigenvalue weighted by molar-refractivity contribution is 0.0527. The van der Waals surface area contributed by atoms with Crippen molar-refractivity contribution in [3.63, 3.8) is 0 Å². The fourth-order valence-corrected chi connectivity index (χ4v) is 2.01. The number of ether oxygens (including phenoxy) is 1. The van der Waals surface area contributed by atoms with Crippen LogP contribution in [0, 0.1) is 0 Å². The van der Waals surface area contributed by atoms with Gasteiger partial charge in [-0.3, -0.25) is 4.99 Å². The van der Waals surface area contributed by atoms with Gasteiger partial charge in [-0.05, 0) is 34.1 Å². The van der Waals surface area contributed by atoms with E-state index in [-0.39, 0.29) is 5.92 Å². The summed E-state index contributed by atoms with van der Waals surface area (Å²) < 4.78 is 10.4. The van der Waals surface area contributed by atoms with Crippen molar-refractivity contribution in [3.8, 4) is 0 Å². The van der Waals surface area contributed by atoms with E-state index >= 15 is 0 Å². The fourth-order valence-electron chi connectivity index (χ4n) is 2.01. The van der Waals surface area contributed by atoms with Crippen molar-refractivity contribution in [1.82, 2.24) is 26.1 Å². The van der Waals surface area contributed by atoms with Gasteiger partial charge in [0.05, 0.1) is 0 Å². The SMILES string of the molecule is CCNC(=NCCCNC(=O)OC(C)(C)C)NCCc1nc(C(C)C)no1. The van der Waals surface area contributed by atoms with Crippen LogP contribution in [-0.4, -0.2) is 54.0 Å². The summed E-state index contributed by atoms with van der Waals surface area (Å²) in [6, 6.07) is 0. The van der Waals surface area contributed by atoms with Crippen molar-refractivity contribution in [2.75, 3.05) is 26.2 Å². The summed E-state index contributed by atoms with van der Waals surface area (Å²) in [5, 5.41) is 13.1. The quantitative estimate of drug-likeness (QED) is 0.341. The number of nitrogens with one attached hydrogen (secondary N) is 3. The Balaban J connectivity index is 2.29. The van der Waals surface area contributed by atoms with E-state index < -0.39 is 11.7 Å². The topological polar surface area (TPSA) is 114 Å². The Morgan fingerprint density at radius 1 is 1.22 bits per heavy atom. The van der Waals surface area contributed by atoms with E-state index in [1.54, 1.807) is 0 Å². The molecule has 0 bridgehead atoms. The van der Waals surface area contributed by atoms with Gasteiger partial charge in [-0.1, -0.05) is 19.0 Å². The molecule has 0 saturated carbocycles. The number of hydrogen-bond acceptors (Lipinski definition) is 6. The van der Waals surface area contributed by atoms with Crippen LogP contribution in [0.15, 0.2) is 9.52 Å². The van der Waals surface area contributed by atoms with Crippen LogP contribution in [0.1, 0.15) is 65.6 Å². The Hall–Kier alpha value is -2.32. The van der Waals surface area contributed by atoms with Gasteiger partial charge >= 0.3 is 6.09 Å². The zero-order valence-corrected chi connectivity index (χ0v) is 17.4. The molecular weight excluding hydrogens is 348 g/mol. The molecule has 27 heavy (non-hydrogen) atoms. The third kappa shape index (κ3) is 10.4. The average molecular weight is 383 g/mol. The van der Waals surface area contributed by atoms with Crippen LogP contribution in [0.4, 0.5) is 4.79 Å². The number of guanidine groups is 1. The minimum absolute atomic E-state index is 0.253. The molecule has 0 aliphatic heterocycles. The zero-order valence-electron chi connectivity index (χ0n) is 17.4. The molecule has 0 fully saturated rings. The fraction of sp³-hybridized carbons (Fsp3) is 0.778. The lowest BCUT2D eigenvalue weighted by Gasteiger charge is -2.19. The standard InChI is InChI=1S/C18H34N6O3/c1-7-19-16(20-10-8-11-22-17(25)26-18(4,5)6)21-12-9-14-23-15(13(2)3)24-27-14/h13H,7-12H2,1-6H3,(H,22,25)(H2,19,20,21). The van der Waals surface area contributed by atoms with Crippen molar-refractivity contribution in [2.45, 2.75) is 65.9 Å². The van der Waals surface area contributed by atoms with E-state index in [0.717, 1.165) is 24.7 Å². The molecule has 0 radical (unpaired) electrons. The third-order valence-corrected chi connectivity index (χ3v) is 3.25. The number of carbonyl (C=O) groups is 1. The molecule has 0 saturated heterocycles. The maximum absolute atomic E-state index is 11.6. The minimum Gasteiger partial charge on any atom is -0.444 e. The molecule has 0 unspecified atom stereocenters. The molecule has 1 aromatic heterocycles. The Morgan fingerprint density at radius 3 is 2.56 bits per heavy atom. The summed E-state index contributed by atoms with van der Waals surface area (Å²) in [6.45, 7) is 14.1. The summed E-state index contributed by atoms with van der Waals surface area (Å²) in [4.78, 5) is 20.4. The van der Waals surface area contributed by atoms with Crippen molar-refractivity contribution in [2.24, 2.45) is 4.99 Å². The van der Waals surface area contributed by atoms with Crippen LogP contribution in [0.25, 0.3) is 0 Å². The van der Waals surface area contributed by atoms with Crippen molar-refractivity contribution in [3.05, 3.63) is 11.7 Å². The highest BCUT2D eigenvalue weighted by atomic mass is 16.6. The number of carbonyl (C=O) groups excluding carboxylic acids is 1. The second kappa shape index (κ2) is 11.4. The van der Waals surface area contributed by atoms with Gasteiger partial charge in [0.25, 0.3) is 0 Å². The van der Waals surface area contributed by atoms with E-state index in [0.29, 0.717) is 31.9 Å². The van der Waals surface area contributed by atoms with E-state index in [1.165, 1.54) is 0 Å². The lowest BCUT2D eigenvalue weighted by Crippen LogP contribution is -2.38. The van der Waals surface area contributed by atoms with Crippen LogP contribution >= 0.6 is 0 Å². The van der Waals surface area contributed by atoms with Gasteiger partial charge in [0, 0.05) is 38.5 Å². The second-order valence-corrected chi connectivity index (χ2v) is 7.42. The van der Waals surface area contributed by atoms with Gasteiger partial charge < -0.3 is 25.2 Å². The number of rotatable bonds is 9. The highest BCUT2D eigenvalue weighted by Crippen LogP contribution is 2.09. The Kier molecular flexibility index (Phi) is 9.60. The van der Waals surface area contributed by atoms with Crippen molar-refractivity contribution in [1.29, 1.82) is 0 Å². The highest BCUT2D eigenvalue weighted by Gasteiger charge is 2.15. The molecular formula is C18H34N6O3. The number of amides is 1. The predicted molar refractivity (Wildman–Crippen MR) is 105 cm³/mol. The van der Waals surface area contributed by atoms with Gasteiger partial charge in [-0.2, -0.15) is 4.98 Å². The lowest BCUT2D eigenvalue weighted by atomic mass is 10.2. The van der Waals surface area contributed by atoms with Gasteiger partial charge in [0.1, 0.15) is 5.60 Å². The Labute approximate surface area is 161 Å². The van der Waals surface area contributed by atoms with Crippen molar-refractivity contribution >= 4 is 12.1 Å². The maximum atomic E-state index is 11.6. The Morgan fingerprint density at radius 2 is 1.96 bits per heavy atom. The van der Waals surface area contributed by atoms with E-state index in [4.69, 9.17) is 9.26 Å². The van der Waals surface area contributed by atoms with E-state index in [9.17, 15) is 4.79 Å². The highest BCUT2D eigenvalue weighted by molar-refractivity contribution is 5.79. The van der Waals surface area contributed by atoms with Crippen LogP contribution in [0.3, 0.4) is 0 Å². The normalized spacial score (nSPS) is 12.2. The molecule has 9 heteroatoms. The summed E-state index contributed by atoms with van der Waals surface area (Å²) in [6.07, 6.45) is 0.943. The minimum atomic E-state index is -0.487. The van der Waals surface area contributed by atoms with Crippen LogP contribution < -0.4 is 16.0 Å². The zero-order chi connectivity index (χ0) is 20.3. The third-order valence-electron chi connectivity index (χ3n) is 3.25. The monoisotopic (exact) mass is 382 g/mol. The number of nitrogens with zero attached hydrogens (tertiary/aromatic N) is 3. The number of aromatic nitrogens is 2. The molecule has 1 amide bonds. The predicted octanol–water partition coefficient (Wildman–Crippen LogP) is 2.21. The average Bonchev–Trinajstić information content (AvgIpc) is 3.02. The van der Waals surface area contributed by atoms with Crippen LogP contribution in [-0.2, 0) is 11.2 Å². The first-order valence-electron chi connectivity index (χ1n) is 9.52. The first-order chi connectivity index (χ1) is 12.7. The van der Waals surface area contributed by atoms with Crippen LogP contribution in [0.2, 0.25) is 0 Å². The van der Waals surface area contributed by atoms with Crippen LogP contribution in [0.5, 0.6) is 0 Å². The summed E-state index contributed by atoms with van der Waals surface area (Å²) in [7, 11) is 0. The van der Waals surface area contributed by atoms with Gasteiger partial charge in [-0.25, -0.2) is 4.79 Å². The largest absolute Gasteiger partial charge is 0.444 e. The van der Waals surface area contributed by atoms with Crippen molar-refractivity contribution < 1.29 is 14.1 Å². The van der Waals surface area contributed by atoms with E-state index in [1.807, 2.05) is 41.5 Å².